The summed E-state index contributed by atoms with van der Waals surface area (Å²) in [5.41, 5.74) is 2.37. The van der Waals surface area contributed by atoms with Gasteiger partial charge in [-0.05, 0) is 51.4 Å². The second-order valence-electron chi connectivity index (χ2n) is 6.24. The van der Waals surface area contributed by atoms with Crippen molar-refractivity contribution in [1.29, 1.82) is 0 Å². The summed E-state index contributed by atoms with van der Waals surface area (Å²) in [6, 6.07) is 10.5. The van der Waals surface area contributed by atoms with E-state index in [2.05, 4.69) is 62.6 Å². The van der Waals surface area contributed by atoms with Crippen molar-refractivity contribution in [2.75, 3.05) is 11.9 Å². The van der Waals surface area contributed by atoms with Gasteiger partial charge in [-0.15, -0.1) is 0 Å². The zero-order valence-electron chi connectivity index (χ0n) is 13.0. The molecule has 20 heavy (non-hydrogen) atoms. The number of pyridine rings is 1. The third-order valence-corrected chi connectivity index (χ3v) is 3.05. The number of fused-ring (bicyclic) bond motifs is 1. The Balaban J connectivity index is 2.36. The number of para-hydroxylation sites is 1. The first-order valence-corrected chi connectivity index (χ1v) is 7.37. The number of anilines is 1. The topological polar surface area (TPSA) is 37.0 Å². The van der Waals surface area contributed by atoms with Crippen LogP contribution in [0.4, 0.5) is 5.82 Å². The molecule has 2 aromatic rings. The summed E-state index contributed by atoms with van der Waals surface area (Å²) in [7, 11) is 0. The fraction of sp³-hybridized carbons (Fsp3) is 0.471. The zero-order chi connectivity index (χ0) is 14.6. The molecule has 0 fully saturated rings. The first-order valence-electron chi connectivity index (χ1n) is 7.37. The Bertz CT molecular complexity index is 570. The zero-order valence-corrected chi connectivity index (χ0v) is 13.0. The van der Waals surface area contributed by atoms with E-state index in [0.29, 0.717) is 0 Å². The minimum absolute atomic E-state index is 0.0174. The van der Waals surface area contributed by atoms with Gasteiger partial charge in [-0.3, -0.25) is 0 Å². The molecule has 2 N–H and O–H groups in total. The number of hydrogen-bond donors (Lipinski definition) is 2. The van der Waals surface area contributed by atoms with E-state index in [1.807, 2.05) is 6.07 Å². The Labute approximate surface area is 121 Å². The molecule has 0 amide bonds. The van der Waals surface area contributed by atoms with Gasteiger partial charge in [0.05, 0.1) is 5.52 Å². The Morgan fingerprint density at radius 2 is 1.90 bits per heavy atom. The monoisotopic (exact) mass is 271 g/mol. The largest absolute Gasteiger partial charge is 0.365 e. The minimum atomic E-state index is 0.0174. The lowest BCUT2D eigenvalue weighted by Gasteiger charge is -2.22. The molecular formula is C17H25N3. The molecule has 1 heterocycles. The van der Waals surface area contributed by atoms with Crippen LogP contribution >= 0.6 is 0 Å². The molecule has 0 aliphatic heterocycles. The van der Waals surface area contributed by atoms with Gasteiger partial charge in [0.25, 0.3) is 0 Å². The van der Waals surface area contributed by atoms with E-state index in [4.69, 9.17) is 4.98 Å². The van der Waals surface area contributed by atoms with Crippen molar-refractivity contribution in [1.82, 2.24) is 10.3 Å². The Kier molecular flexibility index (Phi) is 4.61. The van der Waals surface area contributed by atoms with Crippen LogP contribution in [0.2, 0.25) is 0 Å². The van der Waals surface area contributed by atoms with Crippen LogP contribution in [0.1, 0.15) is 39.7 Å². The van der Waals surface area contributed by atoms with Crippen molar-refractivity contribution in [2.45, 2.75) is 46.2 Å². The number of aromatic nitrogens is 1. The van der Waals surface area contributed by atoms with Gasteiger partial charge in [-0.1, -0.05) is 25.1 Å². The maximum atomic E-state index is 4.71. The fourth-order valence-electron chi connectivity index (χ4n) is 2.24. The Morgan fingerprint density at radius 1 is 1.15 bits per heavy atom. The molecule has 0 unspecified atom stereocenters. The SMILES string of the molecule is CCCNCc1cc(NC(C)(C)C)nc2ccccc12. The van der Waals surface area contributed by atoms with Crippen LogP contribution in [0.3, 0.4) is 0 Å². The molecule has 0 saturated carbocycles. The van der Waals surface area contributed by atoms with Crippen molar-refractivity contribution in [3.8, 4) is 0 Å². The maximum Gasteiger partial charge on any atom is 0.127 e. The minimum Gasteiger partial charge on any atom is -0.365 e. The van der Waals surface area contributed by atoms with Crippen LogP contribution in [-0.4, -0.2) is 17.1 Å². The molecule has 0 spiro atoms. The highest BCUT2D eigenvalue weighted by Gasteiger charge is 2.12. The van der Waals surface area contributed by atoms with Crippen LogP contribution in [0.5, 0.6) is 0 Å². The van der Waals surface area contributed by atoms with Crippen LogP contribution in [0.15, 0.2) is 30.3 Å². The smallest absolute Gasteiger partial charge is 0.127 e. The summed E-state index contributed by atoms with van der Waals surface area (Å²) in [5, 5.41) is 8.18. The first kappa shape index (κ1) is 14.8. The summed E-state index contributed by atoms with van der Waals surface area (Å²) >= 11 is 0. The predicted molar refractivity (Wildman–Crippen MR) is 87.1 cm³/mol. The average Bonchev–Trinajstić information content (AvgIpc) is 2.37. The van der Waals surface area contributed by atoms with Gasteiger partial charge in [-0.2, -0.15) is 0 Å². The molecule has 0 atom stereocenters. The van der Waals surface area contributed by atoms with E-state index in [1.165, 1.54) is 10.9 Å². The van der Waals surface area contributed by atoms with Gasteiger partial charge in [-0.25, -0.2) is 4.98 Å². The van der Waals surface area contributed by atoms with Crippen LogP contribution < -0.4 is 10.6 Å². The number of nitrogens with zero attached hydrogens (tertiary/aromatic N) is 1. The molecule has 108 valence electrons. The van der Waals surface area contributed by atoms with Gasteiger partial charge >= 0.3 is 0 Å². The van der Waals surface area contributed by atoms with Gasteiger partial charge in [0, 0.05) is 17.5 Å². The molecule has 3 nitrogen and oxygen atoms in total. The maximum absolute atomic E-state index is 4.71. The lowest BCUT2D eigenvalue weighted by Crippen LogP contribution is -2.27. The van der Waals surface area contributed by atoms with Gasteiger partial charge < -0.3 is 10.6 Å². The molecule has 0 radical (unpaired) electrons. The van der Waals surface area contributed by atoms with Crippen molar-refractivity contribution < 1.29 is 0 Å². The molecule has 0 saturated heterocycles. The fourth-order valence-corrected chi connectivity index (χ4v) is 2.24. The van der Waals surface area contributed by atoms with E-state index in [1.54, 1.807) is 0 Å². The van der Waals surface area contributed by atoms with Gasteiger partial charge in [0.15, 0.2) is 0 Å². The number of benzene rings is 1. The van der Waals surface area contributed by atoms with Gasteiger partial charge in [0.2, 0.25) is 0 Å². The Morgan fingerprint density at radius 3 is 2.60 bits per heavy atom. The normalized spacial score (nSPS) is 11.8. The first-order chi connectivity index (χ1) is 9.49. The molecule has 1 aromatic carbocycles. The second kappa shape index (κ2) is 6.23. The van der Waals surface area contributed by atoms with Crippen LogP contribution in [-0.2, 0) is 6.54 Å². The summed E-state index contributed by atoms with van der Waals surface area (Å²) in [6.07, 6.45) is 1.15. The molecule has 3 heteroatoms. The van der Waals surface area contributed by atoms with E-state index >= 15 is 0 Å². The second-order valence-corrected chi connectivity index (χ2v) is 6.24. The predicted octanol–water partition coefficient (Wildman–Crippen LogP) is 3.94. The highest BCUT2D eigenvalue weighted by Crippen LogP contribution is 2.22. The lowest BCUT2D eigenvalue weighted by atomic mass is 10.1. The molecule has 2 rings (SSSR count). The molecule has 0 aliphatic rings. The molecular weight excluding hydrogens is 246 g/mol. The van der Waals surface area contributed by atoms with E-state index in [0.717, 1.165) is 30.8 Å². The highest BCUT2D eigenvalue weighted by atomic mass is 15.0. The van der Waals surface area contributed by atoms with Crippen molar-refractivity contribution in [2.24, 2.45) is 0 Å². The number of nitrogens with one attached hydrogen (secondary N) is 2. The summed E-state index contributed by atoms with van der Waals surface area (Å²) in [6.45, 7) is 10.6. The number of hydrogen-bond acceptors (Lipinski definition) is 3. The molecule has 1 aromatic heterocycles. The quantitative estimate of drug-likeness (QED) is 0.809. The van der Waals surface area contributed by atoms with E-state index < -0.39 is 0 Å². The Hall–Kier alpha value is -1.61. The molecule has 0 bridgehead atoms. The van der Waals surface area contributed by atoms with Crippen LogP contribution in [0, 0.1) is 0 Å². The highest BCUT2D eigenvalue weighted by molar-refractivity contribution is 5.84. The lowest BCUT2D eigenvalue weighted by molar-refractivity contribution is 0.630. The number of rotatable bonds is 5. The third kappa shape index (κ3) is 3.94. The van der Waals surface area contributed by atoms with Crippen molar-refractivity contribution in [3.63, 3.8) is 0 Å². The van der Waals surface area contributed by atoms with Crippen molar-refractivity contribution in [3.05, 3.63) is 35.9 Å². The molecule has 0 aliphatic carbocycles. The van der Waals surface area contributed by atoms with Crippen LogP contribution in [0.25, 0.3) is 10.9 Å². The van der Waals surface area contributed by atoms with Gasteiger partial charge in [0.1, 0.15) is 5.82 Å². The summed E-state index contributed by atoms with van der Waals surface area (Å²) in [5.74, 6) is 0.949. The van der Waals surface area contributed by atoms with Crippen molar-refractivity contribution >= 4 is 16.7 Å². The third-order valence-electron chi connectivity index (χ3n) is 3.05. The average molecular weight is 271 g/mol. The standard InChI is InChI=1S/C17H25N3/c1-5-10-18-12-13-11-16(20-17(2,3)4)19-15-9-7-6-8-14(13)15/h6-9,11,18H,5,10,12H2,1-4H3,(H,19,20). The van der Waals surface area contributed by atoms with E-state index in [-0.39, 0.29) is 5.54 Å². The van der Waals surface area contributed by atoms with E-state index in [9.17, 15) is 0 Å². The summed E-state index contributed by atoms with van der Waals surface area (Å²) in [4.78, 5) is 4.71. The summed E-state index contributed by atoms with van der Waals surface area (Å²) < 4.78 is 0.